The molecule has 0 atom stereocenters. The van der Waals surface area contributed by atoms with Gasteiger partial charge in [-0.15, -0.1) is 11.8 Å². The molecule has 1 aromatic carbocycles. The molecule has 2 aromatic rings. The molecule has 26 heavy (non-hydrogen) atoms. The molecule has 3 rings (SSSR count). The predicted molar refractivity (Wildman–Crippen MR) is 106 cm³/mol. The Hall–Kier alpha value is -1.99. The highest BCUT2D eigenvalue weighted by Crippen LogP contribution is 2.19. The largest absolute Gasteiger partial charge is 0.332 e. The molecule has 0 spiro atoms. The molecule has 2 heterocycles. The molecule has 140 valence electrons. The monoisotopic (exact) mass is 373 g/mol. The molecule has 2 N–H and O–H groups in total. The predicted octanol–water partition coefficient (Wildman–Crippen LogP) is 3.54. The summed E-state index contributed by atoms with van der Waals surface area (Å²) in [5, 5.41) is 10.4. The molecule has 0 bridgehead atoms. The third kappa shape index (κ3) is 5.02. The third-order valence-electron chi connectivity index (χ3n) is 4.44. The summed E-state index contributed by atoms with van der Waals surface area (Å²) in [6.07, 6.45) is 4.30. The quantitative estimate of drug-likeness (QED) is 0.760. The number of benzene rings is 1. The van der Waals surface area contributed by atoms with Crippen LogP contribution in [0.25, 0.3) is 0 Å². The fourth-order valence-corrected chi connectivity index (χ4v) is 3.69. The number of nitrogens with one attached hydrogen (secondary N) is 2. The van der Waals surface area contributed by atoms with Crippen LogP contribution < -0.4 is 10.6 Å². The summed E-state index contributed by atoms with van der Waals surface area (Å²) in [7, 11) is 0. The van der Waals surface area contributed by atoms with Gasteiger partial charge in [0.1, 0.15) is 0 Å². The summed E-state index contributed by atoms with van der Waals surface area (Å²) in [5.41, 5.74) is 2.94. The lowest BCUT2D eigenvalue weighted by Crippen LogP contribution is -2.28. The second kappa shape index (κ2) is 9.09. The van der Waals surface area contributed by atoms with Crippen molar-refractivity contribution in [2.45, 2.75) is 44.3 Å². The Labute approximate surface area is 159 Å². The number of thioether (sulfide) groups is 1. The Morgan fingerprint density at radius 1 is 1.31 bits per heavy atom. The van der Waals surface area contributed by atoms with Crippen LogP contribution in [0, 0.1) is 0 Å². The van der Waals surface area contributed by atoms with E-state index in [1.54, 1.807) is 11.8 Å². The van der Waals surface area contributed by atoms with Crippen molar-refractivity contribution in [3.8, 4) is 0 Å². The maximum absolute atomic E-state index is 12.1. The zero-order chi connectivity index (χ0) is 18.4. The normalized spacial score (nSPS) is 14.5. The highest BCUT2D eigenvalue weighted by molar-refractivity contribution is 7.98. The van der Waals surface area contributed by atoms with E-state index in [0.29, 0.717) is 6.54 Å². The van der Waals surface area contributed by atoms with E-state index in [0.717, 1.165) is 48.9 Å². The van der Waals surface area contributed by atoms with Crippen LogP contribution in [0.3, 0.4) is 0 Å². The summed E-state index contributed by atoms with van der Waals surface area (Å²) in [6, 6.07) is 9.72. The van der Waals surface area contributed by atoms with E-state index in [-0.39, 0.29) is 6.03 Å². The number of amides is 2. The average Bonchev–Trinajstić information content (AvgIpc) is 2.92. The van der Waals surface area contributed by atoms with Crippen LogP contribution in [0.15, 0.2) is 35.2 Å². The molecule has 0 unspecified atom stereocenters. The average molecular weight is 374 g/mol. The van der Waals surface area contributed by atoms with Crippen molar-refractivity contribution in [1.82, 2.24) is 20.0 Å². The Morgan fingerprint density at radius 3 is 3.00 bits per heavy atom. The number of urea groups is 1. The number of rotatable bonds is 6. The first-order chi connectivity index (χ1) is 12.7. The highest BCUT2D eigenvalue weighted by Gasteiger charge is 2.16. The van der Waals surface area contributed by atoms with Gasteiger partial charge in [0, 0.05) is 30.2 Å². The lowest BCUT2D eigenvalue weighted by molar-refractivity contribution is 0.251. The van der Waals surface area contributed by atoms with Gasteiger partial charge in [-0.1, -0.05) is 13.0 Å². The van der Waals surface area contributed by atoms with Crippen molar-refractivity contribution in [3.63, 3.8) is 0 Å². The number of hydrogen-bond acceptors (Lipinski definition) is 4. The molecule has 0 saturated carbocycles. The number of anilines is 1. The molecule has 0 fully saturated rings. The molecule has 7 heteroatoms. The van der Waals surface area contributed by atoms with E-state index in [4.69, 9.17) is 0 Å². The molecule has 1 aliphatic rings. The molecular formula is C19H27N5OS. The minimum absolute atomic E-state index is 0.209. The number of aromatic nitrogens is 2. The second-order valence-corrected chi connectivity index (χ2v) is 7.40. The van der Waals surface area contributed by atoms with Gasteiger partial charge in [-0.05, 0) is 49.9 Å². The first-order valence-corrected chi connectivity index (χ1v) is 10.4. The number of hydrogen-bond donors (Lipinski definition) is 2. The van der Waals surface area contributed by atoms with E-state index < -0.39 is 0 Å². The van der Waals surface area contributed by atoms with Crippen LogP contribution in [0.5, 0.6) is 0 Å². The lowest BCUT2D eigenvalue weighted by Gasteiger charge is -2.17. The topological polar surface area (TPSA) is 62.2 Å². The molecule has 0 radical (unpaired) electrons. The number of nitrogens with zero attached hydrogens (tertiary/aromatic N) is 3. The van der Waals surface area contributed by atoms with Gasteiger partial charge in [0.15, 0.2) is 0 Å². The number of fused-ring (bicyclic) bond motifs is 1. The maximum Gasteiger partial charge on any atom is 0.319 e. The van der Waals surface area contributed by atoms with Gasteiger partial charge in [0.05, 0.1) is 17.9 Å². The Kier molecular flexibility index (Phi) is 6.57. The van der Waals surface area contributed by atoms with Crippen LogP contribution in [-0.4, -0.2) is 40.1 Å². The van der Waals surface area contributed by atoms with Crippen molar-refractivity contribution in [1.29, 1.82) is 0 Å². The minimum atomic E-state index is -0.209. The van der Waals surface area contributed by atoms with Gasteiger partial charge in [-0.3, -0.25) is 9.58 Å². The summed E-state index contributed by atoms with van der Waals surface area (Å²) < 4.78 is 2.09. The lowest BCUT2D eigenvalue weighted by atomic mass is 10.3. The molecule has 0 saturated heterocycles. The molecule has 6 nitrogen and oxygen atoms in total. The Bertz CT molecular complexity index is 745. The smallest absolute Gasteiger partial charge is 0.319 e. The van der Waals surface area contributed by atoms with Crippen molar-refractivity contribution in [2.75, 3.05) is 24.7 Å². The molecule has 1 aliphatic heterocycles. The fraction of sp³-hybridized carbons (Fsp3) is 0.474. The first-order valence-electron chi connectivity index (χ1n) is 9.15. The van der Waals surface area contributed by atoms with E-state index in [1.807, 2.05) is 30.5 Å². The summed E-state index contributed by atoms with van der Waals surface area (Å²) >= 11 is 1.65. The zero-order valence-electron chi connectivity index (χ0n) is 15.5. The molecule has 2 amide bonds. The van der Waals surface area contributed by atoms with Crippen LogP contribution in [0.2, 0.25) is 0 Å². The molecule has 0 aliphatic carbocycles. The van der Waals surface area contributed by atoms with E-state index in [1.165, 1.54) is 12.1 Å². The SMILES string of the molecule is CCCN1CCCn2nc(CNC(=O)Nc3cccc(SC)c3)cc2C1. The van der Waals surface area contributed by atoms with Gasteiger partial charge in [0.2, 0.25) is 0 Å². The molecule has 1 aromatic heterocycles. The van der Waals surface area contributed by atoms with Crippen LogP contribution in [-0.2, 0) is 19.6 Å². The molecular weight excluding hydrogens is 346 g/mol. The van der Waals surface area contributed by atoms with Gasteiger partial charge in [0.25, 0.3) is 0 Å². The van der Waals surface area contributed by atoms with Gasteiger partial charge in [-0.25, -0.2) is 4.79 Å². The van der Waals surface area contributed by atoms with Gasteiger partial charge >= 0.3 is 6.03 Å². The van der Waals surface area contributed by atoms with Crippen molar-refractivity contribution in [3.05, 3.63) is 41.7 Å². The van der Waals surface area contributed by atoms with Crippen molar-refractivity contribution < 1.29 is 4.79 Å². The maximum atomic E-state index is 12.1. The summed E-state index contributed by atoms with van der Waals surface area (Å²) in [5.74, 6) is 0. The number of carbonyl (C=O) groups excluding carboxylic acids is 1. The van der Waals surface area contributed by atoms with Crippen molar-refractivity contribution in [2.24, 2.45) is 0 Å². The van der Waals surface area contributed by atoms with E-state index >= 15 is 0 Å². The zero-order valence-corrected chi connectivity index (χ0v) is 16.3. The minimum Gasteiger partial charge on any atom is -0.332 e. The van der Waals surface area contributed by atoms with E-state index in [9.17, 15) is 4.79 Å². The van der Waals surface area contributed by atoms with Crippen molar-refractivity contribution >= 4 is 23.5 Å². The highest BCUT2D eigenvalue weighted by atomic mass is 32.2. The van der Waals surface area contributed by atoms with Crippen LogP contribution in [0.4, 0.5) is 10.5 Å². The fourth-order valence-electron chi connectivity index (χ4n) is 3.23. The number of aryl methyl sites for hydroxylation is 1. The number of carbonyl (C=O) groups is 1. The van der Waals surface area contributed by atoms with Gasteiger partial charge < -0.3 is 10.6 Å². The van der Waals surface area contributed by atoms with Gasteiger partial charge in [-0.2, -0.15) is 5.10 Å². The van der Waals surface area contributed by atoms with E-state index in [2.05, 4.69) is 38.3 Å². The Morgan fingerprint density at radius 2 is 2.19 bits per heavy atom. The van der Waals surface area contributed by atoms with Crippen LogP contribution in [0.1, 0.15) is 31.2 Å². The Balaban J connectivity index is 1.55. The third-order valence-corrected chi connectivity index (χ3v) is 5.17. The standard InChI is InChI=1S/C19H27N5OS/c1-3-8-23-9-5-10-24-17(14-23)11-16(22-24)13-20-19(25)21-15-6-4-7-18(12-15)26-2/h4,6-7,11-12H,3,5,8-10,13-14H2,1-2H3,(H2,20,21,25). The first kappa shape index (κ1) is 18.8. The van der Waals surface area contributed by atoms with Crippen LogP contribution >= 0.6 is 11.8 Å². The summed E-state index contributed by atoms with van der Waals surface area (Å²) in [6.45, 7) is 6.78. The summed E-state index contributed by atoms with van der Waals surface area (Å²) in [4.78, 5) is 15.7. The second-order valence-electron chi connectivity index (χ2n) is 6.52.